The van der Waals surface area contributed by atoms with Gasteiger partial charge in [0.25, 0.3) is 5.91 Å². The highest BCUT2D eigenvalue weighted by Crippen LogP contribution is 2.28. The largest absolute Gasteiger partial charge is 0.350 e. The van der Waals surface area contributed by atoms with E-state index >= 15 is 0 Å². The van der Waals surface area contributed by atoms with Crippen molar-refractivity contribution in [1.82, 2.24) is 14.9 Å². The predicted molar refractivity (Wildman–Crippen MR) is 88.8 cm³/mol. The van der Waals surface area contributed by atoms with Crippen molar-refractivity contribution in [3.63, 3.8) is 0 Å². The van der Waals surface area contributed by atoms with Gasteiger partial charge in [0, 0.05) is 18.7 Å². The Bertz CT molecular complexity index is 853. The van der Waals surface area contributed by atoms with Gasteiger partial charge in [0.2, 0.25) is 0 Å². The molecule has 4 nitrogen and oxygen atoms in total. The predicted octanol–water partition coefficient (Wildman–Crippen LogP) is 3.61. The number of aromatic nitrogens is 2. The Morgan fingerprint density at radius 1 is 1.13 bits per heavy atom. The molecular formula is C18H18FN3O. The van der Waals surface area contributed by atoms with Crippen LogP contribution < -0.4 is 5.32 Å². The number of hydrogen-bond donors (Lipinski definition) is 1. The maximum atomic E-state index is 13.1. The number of imidazole rings is 1. The second-order valence-corrected chi connectivity index (χ2v) is 5.02. The van der Waals surface area contributed by atoms with E-state index in [0.717, 1.165) is 22.4 Å². The van der Waals surface area contributed by atoms with Gasteiger partial charge in [-0.1, -0.05) is 19.9 Å². The zero-order valence-corrected chi connectivity index (χ0v) is 13.1. The van der Waals surface area contributed by atoms with Crippen molar-refractivity contribution in [3.8, 4) is 11.4 Å². The normalized spacial score (nSPS) is 13.1. The minimum Gasteiger partial charge on any atom is -0.350 e. The monoisotopic (exact) mass is 311 g/mol. The van der Waals surface area contributed by atoms with Gasteiger partial charge in [0.15, 0.2) is 0 Å². The Morgan fingerprint density at radius 3 is 2.61 bits per heavy atom. The zero-order chi connectivity index (χ0) is 16.4. The van der Waals surface area contributed by atoms with Crippen LogP contribution in [-0.2, 0) is 6.54 Å². The molecule has 5 heteroatoms. The molecule has 1 aliphatic heterocycles. The fourth-order valence-corrected chi connectivity index (χ4v) is 2.78. The van der Waals surface area contributed by atoms with E-state index in [2.05, 4.69) is 10.3 Å². The first kappa shape index (κ1) is 15.2. The van der Waals surface area contributed by atoms with Crippen molar-refractivity contribution >= 4 is 16.9 Å². The van der Waals surface area contributed by atoms with Crippen LogP contribution >= 0.6 is 0 Å². The maximum Gasteiger partial charge on any atom is 0.253 e. The lowest BCUT2D eigenvalue weighted by molar-refractivity contribution is 0.0956. The standard InChI is InChI=1S/C16H12FN3O.C2H6/c17-11-6-4-10(5-7-11)15-19-13-3-1-2-12-14(13)20(15)9-8-18-16(12)21;1-2/h1-7H,8-9H2,(H,18,21);1-2H3. The van der Waals surface area contributed by atoms with Crippen molar-refractivity contribution in [1.29, 1.82) is 0 Å². The number of halogens is 1. The fraction of sp³-hybridized carbons (Fsp3) is 0.222. The Balaban J connectivity index is 0.000000753. The first-order chi connectivity index (χ1) is 11.2. The number of rotatable bonds is 1. The van der Waals surface area contributed by atoms with E-state index < -0.39 is 0 Å². The van der Waals surface area contributed by atoms with Crippen LogP contribution in [0.25, 0.3) is 22.4 Å². The molecule has 23 heavy (non-hydrogen) atoms. The van der Waals surface area contributed by atoms with Crippen molar-refractivity contribution < 1.29 is 9.18 Å². The van der Waals surface area contributed by atoms with Gasteiger partial charge in [-0.3, -0.25) is 4.79 Å². The molecule has 2 aromatic carbocycles. The molecule has 0 fully saturated rings. The zero-order valence-electron chi connectivity index (χ0n) is 13.1. The van der Waals surface area contributed by atoms with Crippen LogP contribution in [0.3, 0.4) is 0 Å². The molecule has 0 radical (unpaired) electrons. The molecule has 0 saturated heterocycles. The van der Waals surface area contributed by atoms with Crippen molar-refractivity contribution in [2.24, 2.45) is 0 Å². The van der Waals surface area contributed by atoms with E-state index in [4.69, 9.17) is 0 Å². The first-order valence-electron chi connectivity index (χ1n) is 7.77. The summed E-state index contributed by atoms with van der Waals surface area (Å²) in [6.45, 7) is 5.19. The highest BCUT2D eigenvalue weighted by molar-refractivity contribution is 6.06. The Morgan fingerprint density at radius 2 is 1.87 bits per heavy atom. The topological polar surface area (TPSA) is 46.9 Å². The van der Waals surface area contributed by atoms with Crippen molar-refractivity contribution in [2.75, 3.05) is 6.54 Å². The number of benzene rings is 2. The number of nitrogens with zero attached hydrogens (tertiary/aromatic N) is 2. The van der Waals surface area contributed by atoms with Gasteiger partial charge in [0.1, 0.15) is 11.6 Å². The molecule has 0 spiro atoms. The summed E-state index contributed by atoms with van der Waals surface area (Å²) in [6.07, 6.45) is 0. The molecule has 1 aliphatic rings. The molecule has 3 aromatic rings. The molecular weight excluding hydrogens is 293 g/mol. The third-order valence-corrected chi connectivity index (χ3v) is 3.73. The lowest BCUT2D eigenvalue weighted by atomic mass is 10.1. The van der Waals surface area contributed by atoms with E-state index in [9.17, 15) is 9.18 Å². The lowest BCUT2D eigenvalue weighted by Gasteiger charge is -2.07. The number of hydrogen-bond acceptors (Lipinski definition) is 2. The van der Waals surface area contributed by atoms with Crippen LogP contribution in [0.5, 0.6) is 0 Å². The van der Waals surface area contributed by atoms with Crippen molar-refractivity contribution in [3.05, 3.63) is 53.8 Å². The van der Waals surface area contributed by atoms with E-state index in [0.29, 0.717) is 18.7 Å². The summed E-state index contributed by atoms with van der Waals surface area (Å²) in [7, 11) is 0. The van der Waals surface area contributed by atoms with Gasteiger partial charge >= 0.3 is 0 Å². The summed E-state index contributed by atoms with van der Waals surface area (Å²) < 4.78 is 15.1. The summed E-state index contributed by atoms with van der Waals surface area (Å²) >= 11 is 0. The molecule has 1 aromatic heterocycles. The van der Waals surface area contributed by atoms with Gasteiger partial charge in [-0.25, -0.2) is 9.37 Å². The highest BCUT2D eigenvalue weighted by atomic mass is 19.1. The summed E-state index contributed by atoms with van der Waals surface area (Å²) in [5.74, 6) is 0.405. The van der Waals surface area contributed by atoms with Gasteiger partial charge in [0.05, 0.1) is 16.6 Å². The van der Waals surface area contributed by atoms with Crippen molar-refractivity contribution in [2.45, 2.75) is 20.4 Å². The van der Waals surface area contributed by atoms with E-state index in [-0.39, 0.29) is 11.7 Å². The molecule has 2 heterocycles. The van der Waals surface area contributed by atoms with Gasteiger partial charge in [-0.2, -0.15) is 0 Å². The molecule has 118 valence electrons. The average molecular weight is 311 g/mol. The number of carbonyl (C=O) groups is 1. The maximum absolute atomic E-state index is 13.1. The summed E-state index contributed by atoms with van der Waals surface area (Å²) in [5.41, 5.74) is 3.09. The summed E-state index contributed by atoms with van der Waals surface area (Å²) in [5, 5.41) is 2.88. The second-order valence-electron chi connectivity index (χ2n) is 5.02. The summed E-state index contributed by atoms with van der Waals surface area (Å²) in [6, 6.07) is 11.8. The highest BCUT2D eigenvalue weighted by Gasteiger charge is 2.21. The molecule has 0 atom stereocenters. The van der Waals surface area contributed by atoms with Gasteiger partial charge in [-0.05, 0) is 36.4 Å². The third kappa shape index (κ3) is 2.59. The summed E-state index contributed by atoms with van der Waals surface area (Å²) in [4.78, 5) is 16.7. The molecule has 0 unspecified atom stereocenters. The number of para-hydroxylation sites is 1. The molecule has 1 N–H and O–H groups in total. The molecule has 1 amide bonds. The molecule has 0 aliphatic carbocycles. The number of carbonyl (C=O) groups excluding carboxylic acids is 1. The van der Waals surface area contributed by atoms with Crippen LogP contribution in [0.4, 0.5) is 4.39 Å². The van der Waals surface area contributed by atoms with Crippen LogP contribution in [0.15, 0.2) is 42.5 Å². The Kier molecular flexibility index (Phi) is 4.10. The minimum atomic E-state index is -0.275. The Hall–Kier alpha value is -2.69. The van der Waals surface area contributed by atoms with Gasteiger partial charge in [-0.15, -0.1) is 0 Å². The molecule has 0 bridgehead atoms. The smallest absolute Gasteiger partial charge is 0.253 e. The van der Waals surface area contributed by atoms with Gasteiger partial charge < -0.3 is 9.88 Å². The second kappa shape index (κ2) is 6.20. The third-order valence-electron chi connectivity index (χ3n) is 3.73. The van der Waals surface area contributed by atoms with Crippen LogP contribution in [-0.4, -0.2) is 22.0 Å². The first-order valence-corrected chi connectivity index (χ1v) is 7.77. The molecule has 4 rings (SSSR count). The van der Waals surface area contributed by atoms with Crippen LogP contribution in [0.1, 0.15) is 24.2 Å². The van der Waals surface area contributed by atoms with Crippen LogP contribution in [0.2, 0.25) is 0 Å². The van der Waals surface area contributed by atoms with Crippen LogP contribution in [0, 0.1) is 5.82 Å². The number of amides is 1. The van der Waals surface area contributed by atoms with E-state index in [1.165, 1.54) is 12.1 Å². The number of nitrogens with one attached hydrogen (secondary N) is 1. The van der Waals surface area contributed by atoms with E-state index in [1.807, 2.05) is 30.5 Å². The molecule has 0 saturated carbocycles. The quantitative estimate of drug-likeness (QED) is 0.746. The Labute approximate surface area is 134 Å². The minimum absolute atomic E-state index is 0.0788. The average Bonchev–Trinajstić information content (AvgIpc) is 2.87. The SMILES string of the molecule is CC.O=C1NCCn2c(-c3ccc(F)cc3)nc3cccc1c32. The fourth-order valence-electron chi connectivity index (χ4n) is 2.78. The van der Waals surface area contributed by atoms with E-state index in [1.54, 1.807) is 18.2 Å². The lowest BCUT2D eigenvalue weighted by Crippen LogP contribution is -2.24.